The molecule has 2 N–H and O–H groups in total. The predicted octanol–water partition coefficient (Wildman–Crippen LogP) is 1.47. The summed E-state index contributed by atoms with van der Waals surface area (Å²) in [4.78, 5) is -0.0219. The molecule has 0 radical (unpaired) electrons. The van der Waals surface area contributed by atoms with E-state index >= 15 is 0 Å². The average Bonchev–Trinajstić information content (AvgIpc) is 2.88. The molecule has 21 heavy (non-hydrogen) atoms. The number of aliphatic hydroxyl groups excluding tert-OH is 1. The molecule has 7 heteroatoms. The second kappa shape index (κ2) is 6.39. The summed E-state index contributed by atoms with van der Waals surface area (Å²) in [5.41, 5.74) is 0.180. The van der Waals surface area contributed by atoms with Gasteiger partial charge in [0.1, 0.15) is 5.82 Å². The molecule has 2 rings (SSSR count). The molecule has 1 aromatic rings. The Labute approximate surface area is 124 Å². The van der Waals surface area contributed by atoms with Gasteiger partial charge in [-0.25, -0.2) is 17.5 Å². The summed E-state index contributed by atoms with van der Waals surface area (Å²) in [5.74, 6) is -0.572. The van der Waals surface area contributed by atoms with E-state index in [1.807, 2.05) is 0 Å². The lowest BCUT2D eigenvalue weighted by Gasteiger charge is -2.15. The Morgan fingerprint density at radius 2 is 2.14 bits per heavy atom. The molecule has 2 atom stereocenters. The Kier molecular flexibility index (Phi) is 4.98. The SMILES string of the molecule is COC1CCC(NS(=O)(=O)c2cc(C)c(F)c(CO)c2)C1. The summed E-state index contributed by atoms with van der Waals surface area (Å²) < 4.78 is 46.2. The Hall–Kier alpha value is -1.02. The standard InChI is InChI=1S/C14H20FNO4S/c1-9-5-13(6-10(8-17)14(9)15)21(18,19)16-11-3-4-12(7-11)20-2/h5-6,11-12,16-17H,3-4,7-8H2,1-2H3. The number of hydrogen-bond donors (Lipinski definition) is 2. The number of hydrogen-bond acceptors (Lipinski definition) is 4. The van der Waals surface area contributed by atoms with Crippen molar-refractivity contribution in [1.29, 1.82) is 0 Å². The first-order valence-electron chi connectivity index (χ1n) is 6.82. The van der Waals surface area contributed by atoms with Gasteiger partial charge < -0.3 is 9.84 Å². The quantitative estimate of drug-likeness (QED) is 0.862. The number of halogens is 1. The van der Waals surface area contributed by atoms with Gasteiger partial charge >= 0.3 is 0 Å². The van der Waals surface area contributed by atoms with Crippen molar-refractivity contribution in [2.24, 2.45) is 0 Å². The van der Waals surface area contributed by atoms with Crippen LogP contribution in [0, 0.1) is 12.7 Å². The van der Waals surface area contributed by atoms with E-state index in [0.717, 1.165) is 6.42 Å². The molecule has 0 heterocycles. The summed E-state index contributed by atoms with van der Waals surface area (Å²) in [7, 11) is -2.12. The van der Waals surface area contributed by atoms with Crippen molar-refractivity contribution in [3.05, 3.63) is 29.1 Å². The van der Waals surface area contributed by atoms with Crippen molar-refractivity contribution in [2.45, 2.75) is 49.8 Å². The number of aliphatic hydroxyl groups is 1. The second-order valence-electron chi connectivity index (χ2n) is 5.36. The summed E-state index contributed by atoms with van der Waals surface area (Å²) >= 11 is 0. The Morgan fingerprint density at radius 3 is 2.71 bits per heavy atom. The number of rotatable bonds is 5. The minimum Gasteiger partial charge on any atom is -0.392 e. The first-order chi connectivity index (χ1) is 9.87. The van der Waals surface area contributed by atoms with Crippen LogP contribution >= 0.6 is 0 Å². The van der Waals surface area contributed by atoms with E-state index in [2.05, 4.69) is 4.72 Å². The topological polar surface area (TPSA) is 75.6 Å². The van der Waals surface area contributed by atoms with Gasteiger partial charge in [0.05, 0.1) is 17.6 Å². The fourth-order valence-electron chi connectivity index (χ4n) is 2.63. The zero-order valence-electron chi connectivity index (χ0n) is 12.1. The average molecular weight is 317 g/mol. The Morgan fingerprint density at radius 1 is 1.43 bits per heavy atom. The van der Waals surface area contributed by atoms with Crippen molar-refractivity contribution in [2.75, 3.05) is 7.11 Å². The molecular formula is C14H20FNO4S. The fraction of sp³-hybridized carbons (Fsp3) is 0.571. The first kappa shape index (κ1) is 16.4. The number of benzene rings is 1. The number of ether oxygens (including phenoxy) is 1. The number of sulfonamides is 1. The lowest BCUT2D eigenvalue weighted by atomic mass is 10.1. The highest BCUT2D eigenvalue weighted by molar-refractivity contribution is 7.89. The lowest BCUT2D eigenvalue weighted by molar-refractivity contribution is 0.107. The predicted molar refractivity (Wildman–Crippen MR) is 75.8 cm³/mol. The third kappa shape index (κ3) is 3.60. The fourth-order valence-corrected chi connectivity index (χ4v) is 4.04. The summed E-state index contributed by atoms with van der Waals surface area (Å²) in [6.07, 6.45) is 2.22. The molecule has 0 amide bonds. The first-order valence-corrected chi connectivity index (χ1v) is 8.30. The molecule has 5 nitrogen and oxygen atoms in total. The summed E-state index contributed by atoms with van der Waals surface area (Å²) in [5, 5.41) is 9.11. The smallest absolute Gasteiger partial charge is 0.240 e. The third-order valence-electron chi connectivity index (χ3n) is 3.82. The molecule has 1 aromatic carbocycles. The molecule has 0 saturated heterocycles. The van der Waals surface area contributed by atoms with Crippen molar-refractivity contribution in [3.8, 4) is 0 Å². The maximum atomic E-state index is 13.7. The van der Waals surface area contributed by atoms with Gasteiger partial charge in [0, 0.05) is 18.7 Å². The molecule has 0 aromatic heterocycles. The molecule has 118 valence electrons. The van der Waals surface area contributed by atoms with Gasteiger partial charge in [0.15, 0.2) is 0 Å². The molecular weight excluding hydrogens is 297 g/mol. The van der Waals surface area contributed by atoms with Crippen molar-refractivity contribution in [1.82, 2.24) is 4.72 Å². The van der Waals surface area contributed by atoms with E-state index in [1.165, 1.54) is 19.1 Å². The van der Waals surface area contributed by atoms with E-state index in [9.17, 15) is 12.8 Å². The van der Waals surface area contributed by atoms with Crippen LogP contribution in [0.15, 0.2) is 17.0 Å². The van der Waals surface area contributed by atoms with Crippen LogP contribution < -0.4 is 4.72 Å². The maximum absolute atomic E-state index is 13.7. The molecule has 2 unspecified atom stereocenters. The van der Waals surface area contributed by atoms with Gasteiger partial charge in [0.25, 0.3) is 0 Å². The number of methoxy groups -OCH3 is 1. The van der Waals surface area contributed by atoms with Gasteiger partial charge in [0.2, 0.25) is 10.0 Å². The monoisotopic (exact) mass is 317 g/mol. The Bertz CT molecular complexity index is 618. The van der Waals surface area contributed by atoms with Gasteiger partial charge in [-0.2, -0.15) is 0 Å². The van der Waals surface area contributed by atoms with Crippen LogP contribution in [0.4, 0.5) is 4.39 Å². The van der Waals surface area contributed by atoms with Crippen molar-refractivity contribution < 1.29 is 22.7 Å². The highest BCUT2D eigenvalue weighted by atomic mass is 32.2. The zero-order valence-corrected chi connectivity index (χ0v) is 12.9. The van der Waals surface area contributed by atoms with Gasteiger partial charge in [-0.1, -0.05) is 0 Å². The normalized spacial score (nSPS) is 22.7. The van der Waals surface area contributed by atoms with Crippen LogP contribution in [0.2, 0.25) is 0 Å². The van der Waals surface area contributed by atoms with Gasteiger partial charge in [-0.05, 0) is 43.9 Å². The molecule has 1 fully saturated rings. The van der Waals surface area contributed by atoms with E-state index in [0.29, 0.717) is 12.8 Å². The van der Waals surface area contributed by atoms with Crippen LogP contribution in [0.25, 0.3) is 0 Å². The largest absolute Gasteiger partial charge is 0.392 e. The summed E-state index contributed by atoms with van der Waals surface area (Å²) in [6.45, 7) is 0.940. The van der Waals surface area contributed by atoms with E-state index in [-0.39, 0.29) is 28.2 Å². The van der Waals surface area contributed by atoms with E-state index in [4.69, 9.17) is 9.84 Å². The minimum atomic E-state index is -3.73. The third-order valence-corrected chi connectivity index (χ3v) is 5.32. The molecule has 0 bridgehead atoms. The van der Waals surface area contributed by atoms with Crippen molar-refractivity contribution in [3.63, 3.8) is 0 Å². The van der Waals surface area contributed by atoms with Gasteiger partial charge in [-0.15, -0.1) is 0 Å². The lowest BCUT2D eigenvalue weighted by Crippen LogP contribution is -2.33. The number of aryl methyl sites for hydroxylation is 1. The summed E-state index contributed by atoms with van der Waals surface area (Å²) in [6, 6.07) is 2.27. The zero-order chi connectivity index (χ0) is 15.6. The van der Waals surface area contributed by atoms with Crippen LogP contribution in [-0.4, -0.2) is 32.8 Å². The van der Waals surface area contributed by atoms with Crippen LogP contribution in [-0.2, 0) is 21.4 Å². The molecule has 1 saturated carbocycles. The van der Waals surface area contributed by atoms with Crippen LogP contribution in [0.3, 0.4) is 0 Å². The van der Waals surface area contributed by atoms with Crippen molar-refractivity contribution >= 4 is 10.0 Å². The molecule has 0 aliphatic heterocycles. The maximum Gasteiger partial charge on any atom is 0.240 e. The molecule has 0 spiro atoms. The molecule has 1 aliphatic carbocycles. The van der Waals surface area contributed by atoms with Crippen LogP contribution in [0.5, 0.6) is 0 Å². The van der Waals surface area contributed by atoms with E-state index < -0.39 is 22.4 Å². The number of nitrogens with one attached hydrogen (secondary N) is 1. The van der Waals surface area contributed by atoms with Gasteiger partial charge in [-0.3, -0.25) is 0 Å². The highest BCUT2D eigenvalue weighted by Crippen LogP contribution is 2.24. The van der Waals surface area contributed by atoms with Crippen LogP contribution in [0.1, 0.15) is 30.4 Å². The minimum absolute atomic E-state index is 0.0171. The Balaban J connectivity index is 2.22. The highest BCUT2D eigenvalue weighted by Gasteiger charge is 2.29. The van der Waals surface area contributed by atoms with E-state index in [1.54, 1.807) is 7.11 Å². The molecule has 1 aliphatic rings. The second-order valence-corrected chi connectivity index (χ2v) is 7.07.